The highest BCUT2D eigenvalue weighted by Crippen LogP contribution is 2.24. The zero-order valence-electron chi connectivity index (χ0n) is 10.8. The van der Waals surface area contributed by atoms with E-state index < -0.39 is 0 Å². The van der Waals surface area contributed by atoms with Crippen LogP contribution in [0.2, 0.25) is 0 Å². The monoisotopic (exact) mass is 253 g/mol. The van der Waals surface area contributed by atoms with Crippen molar-refractivity contribution >= 4 is 5.91 Å². The molecular weight excluding hydrogens is 234 g/mol. The highest BCUT2D eigenvalue weighted by atomic mass is 16.5. The summed E-state index contributed by atoms with van der Waals surface area (Å²) in [7, 11) is 1.57. The van der Waals surface area contributed by atoms with E-state index in [-0.39, 0.29) is 11.9 Å². The predicted octanol–water partition coefficient (Wildman–Crippen LogP) is 0.630. The number of nitrogens with two attached hydrogens (primary N) is 1. The van der Waals surface area contributed by atoms with Gasteiger partial charge in [0.25, 0.3) is 5.91 Å². The van der Waals surface area contributed by atoms with Crippen LogP contribution in [0.1, 0.15) is 29.6 Å². The summed E-state index contributed by atoms with van der Waals surface area (Å²) < 4.78 is 9.95. The van der Waals surface area contributed by atoms with Gasteiger partial charge in [-0.3, -0.25) is 4.79 Å². The zero-order chi connectivity index (χ0) is 13.1. The summed E-state index contributed by atoms with van der Waals surface area (Å²) in [4.78, 5) is 14.1. The quantitative estimate of drug-likeness (QED) is 0.851. The molecule has 2 heterocycles. The van der Waals surface area contributed by atoms with Crippen molar-refractivity contribution in [2.45, 2.75) is 26.0 Å². The number of nitrogens with zero attached hydrogens (tertiary/aromatic N) is 2. The minimum atomic E-state index is -0.0930. The lowest BCUT2D eigenvalue weighted by molar-refractivity contribution is 0.0732. The molecular formula is C12H19N3O3. The van der Waals surface area contributed by atoms with Crippen LogP contribution in [0.15, 0.2) is 10.6 Å². The van der Waals surface area contributed by atoms with E-state index >= 15 is 0 Å². The van der Waals surface area contributed by atoms with Gasteiger partial charge in [-0.05, 0) is 25.8 Å². The van der Waals surface area contributed by atoms with E-state index in [2.05, 4.69) is 5.16 Å². The minimum absolute atomic E-state index is 0.0930. The standard InChI is InChI=1S/C12H19N3O3/c1-8-3-9(5-13)6-15(8)12(16)11-4-10(7-17-2)18-14-11/h4,8-9H,3,5-7,13H2,1-2H3. The molecule has 18 heavy (non-hydrogen) atoms. The summed E-state index contributed by atoms with van der Waals surface area (Å²) in [6.07, 6.45) is 0.949. The smallest absolute Gasteiger partial charge is 0.276 e. The van der Waals surface area contributed by atoms with E-state index in [4.69, 9.17) is 15.0 Å². The molecule has 2 rings (SSSR count). The van der Waals surface area contributed by atoms with E-state index in [1.807, 2.05) is 11.8 Å². The Balaban J connectivity index is 2.06. The summed E-state index contributed by atoms with van der Waals surface area (Å²) >= 11 is 0. The van der Waals surface area contributed by atoms with Crippen LogP contribution in [0, 0.1) is 5.92 Å². The van der Waals surface area contributed by atoms with Crippen LogP contribution in [-0.4, -0.2) is 42.2 Å². The first-order chi connectivity index (χ1) is 8.65. The normalized spacial score (nSPS) is 23.6. The molecule has 1 aromatic heterocycles. The minimum Gasteiger partial charge on any atom is -0.377 e. The van der Waals surface area contributed by atoms with Crippen molar-refractivity contribution in [1.29, 1.82) is 0 Å². The average Bonchev–Trinajstić information content (AvgIpc) is 2.95. The highest BCUT2D eigenvalue weighted by Gasteiger charge is 2.33. The maximum Gasteiger partial charge on any atom is 0.276 e. The topological polar surface area (TPSA) is 81.6 Å². The second-order valence-electron chi connectivity index (χ2n) is 4.76. The predicted molar refractivity (Wildman–Crippen MR) is 64.9 cm³/mol. The van der Waals surface area contributed by atoms with Crippen LogP contribution < -0.4 is 5.73 Å². The second-order valence-corrected chi connectivity index (χ2v) is 4.76. The lowest BCUT2D eigenvalue weighted by atomic mass is 10.1. The summed E-state index contributed by atoms with van der Waals surface area (Å²) in [5.41, 5.74) is 5.99. The fraction of sp³-hybridized carbons (Fsp3) is 0.667. The average molecular weight is 253 g/mol. The van der Waals surface area contributed by atoms with Crippen molar-refractivity contribution in [3.63, 3.8) is 0 Å². The number of aromatic nitrogens is 1. The molecule has 0 radical (unpaired) electrons. The number of amides is 1. The Morgan fingerprint density at radius 1 is 1.72 bits per heavy atom. The van der Waals surface area contributed by atoms with Gasteiger partial charge in [0.05, 0.1) is 0 Å². The van der Waals surface area contributed by atoms with E-state index in [0.29, 0.717) is 37.1 Å². The second kappa shape index (κ2) is 5.49. The fourth-order valence-electron chi connectivity index (χ4n) is 2.37. The van der Waals surface area contributed by atoms with Gasteiger partial charge in [0.1, 0.15) is 6.61 Å². The van der Waals surface area contributed by atoms with Gasteiger partial charge in [0.2, 0.25) is 0 Å². The Kier molecular flexibility index (Phi) is 3.98. The molecule has 2 N–H and O–H groups in total. The molecule has 1 aliphatic heterocycles. The molecule has 0 saturated carbocycles. The highest BCUT2D eigenvalue weighted by molar-refractivity contribution is 5.92. The summed E-state index contributed by atoms with van der Waals surface area (Å²) in [5.74, 6) is 0.849. The van der Waals surface area contributed by atoms with E-state index in [1.54, 1.807) is 13.2 Å². The molecule has 1 fully saturated rings. The number of hydrogen-bond donors (Lipinski definition) is 1. The Morgan fingerprint density at radius 2 is 2.50 bits per heavy atom. The Labute approximate surface area is 106 Å². The third-order valence-electron chi connectivity index (χ3n) is 3.32. The number of hydrogen-bond acceptors (Lipinski definition) is 5. The molecule has 0 spiro atoms. The van der Waals surface area contributed by atoms with Crippen LogP contribution >= 0.6 is 0 Å². The maximum absolute atomic E-state index is 12.3. The molecule has 1 aromatic rings. The molecule has 0 bridgehead atoms. The zero-order valence-corrected chi connectivity index (χ0v) is 10.8. The third-order valence-corrected chi connectivity index (χ3v) is 3.32. The van der Waals surface area contributed by atoms with Gasteiger partial charge in [0.15, 0.2) is 11.5 Å². The van der Waals surface area contributed by atoms with Crippen molar-refractivity contribution in [3.05, 3.63) is 17.5 Å². The van der Waals surface area contributed by atoms with Crippen molar-refractivity contribution in [1.82, 2.24) is 10.1 Å². The summed E-state index contributed by atoms with van der Waals surface area (Å²) in [5, 5.41) is 3.79. The van der Waals surface area contributed by atoms with Gasteiger partial charge in [-0.15, -0.1) is 0 Å². The van der Waals surface area contributed by atoms with Crippen LogP contribution in [-0.2, 0) is 11.3 Å². The number of ether oxygens (including phenoxy) is 1. The van der Waals surface area contributed by atoms with Crippen molar-refractivity contribution in [2.24, 2.45) is 11.7 Å². The molecule has 1 amide bonds. The Hall–Kier alpha value is -1.40. The lowest BCUT2D eigenvalue weighted by Gasteiger charge is -2.19. The van der Waals surface area contributed by atoms with Crippen molar-refractivity contribution in [3.8, 4) is 0 Å². The number of rotatable bonds is 4. The van der Waals surface area contributed by atoms with Gasteiger partial charge in [-0.2, -0.15) is 0 Å². The fourth-order valence-corrected chi connectivity index (χ4v) is 2.37. The molecule has 1 saturated heterocycles. The SMILES string of the molecule is COCc1cc(C(=O)N2CC(CN)CC2C)no1. The number of carbonyl (C=O) groups excluding carboxylic acids is 1. The van der Waals surface area contributed by atoms with Crippen molar-refractivity contribution in [2.75, 3.05) is 20.2 Å². The lowest BCUT2D eigenvalue weighted by Crippen LogP contribution is -2.34. The van der Waals surface area contributed by atoms with Crippen LogP contribution in [0.25, 0.3) is 0 Å². The third kappa shape index (κ3) is 2.54. The Bertz CT molecular complexity index is 418. The van der Waals surface area contributed by atoms with Crippen LogP contribution in [0.3, 0.4) is 0 Å². The largest absolute Gasteiger partial charge is 0.377 e. The molecule has 1 aliphatic rings. The molecule has 0 aromatic carbocycles. The van der Waals surface area contributed by atoms with Gasteiger partial charge in [0, 0.05) is 25.8 Å². The number of carbonyl (C=O) groups is 1. The first-order valence-electron chi connectivity index (χ1n) is 6.11. The first kappa shape index (κ1) is 13.0. The van der Waals surface area contributed by atoms with Crippen molar-refractivity contribution < 1.29 is 14.1 Å². The molecule has 100 valence electrons. The summed E-state index contributed by atoms with van der Waals surface area (Å²) in [6, 6.07) is 1.84. The number of methoxy groups -OCH3 is 1. The van der Waals surface area contributed by atoms with Gasteiger partial charge < -0.3 is 19.9 Å². The Morgan fingerprint density at radius 3 is 3.11 bits per heavy atom. The van der Waals surface area contributed by atoms with Gasteiger partial charge in [-0.1, -0.05) is 5.16 Å². The molecule has 0 aliphatic carbocycles. The van der Waals surface area contributed by atoms with Gasteiger partial charge >= 0.3 is 0 Å². The maximum atomic E-state index is 12.3. The van der Waals surface area contributed by atoms with E-state index in [9.17, 15) is 4.79 Å². The van der Waals surface area contributed by atoms with E-state index in [1.165, 1.54) is 0 Å². The molecule has 6 nitrogen and oxygen atoms in total. The number of likely N-dealkylation sites (tertiary alicyclic amines) is 1. The van der Waals surface area contributed by atoms with Crippen LogP contribution in [0.5, 0.6) is 0 Å². The van der Waals surface area contributed by atoms with Crippen LogP contribution in [0.4, 0.5) is 0 Å². The van der Waals surface area contributed by atoms with Gasteiger partial charge in [-0.25, -0.2) is 0 Å². The first-order valence-corrected chi connectivity index (χ1v) is 6.11. The molecule has 6 heteroatoms. The summed E-state index contributed by atoms with van der Waals surface area (Å²) in [6.45, 7) is 3.66. The van der Waals surface area contributed by atoms with E-state index in [0.717, 1.165) is 6.42 Å². The molecule has 2 unspecified atom stereocenters. The molecule has 2 atom stereocenters.